The minimum atomic E-state index is -0.000274. The van der Waals surface area contributed by atoms with Crippen LogP contribution in [0.25, 0.3) is 0 Å². The van der Waals surface area contributed by atoms with Crippen molar-refractivity contribution in [1.82, 2.24) is 24.6 Å². The Kier molecular flexibility index (Phi) is 4.35. The van der Waals surface area contributed by atoms with E-state index in [0.29, 0.717) is 34.5 Å². The van der Waals surface area contributed by atoms with Crippen LogP contribution in [-0.4, -0.2) is 43.6 Å². The van der Waals surface area contributed by atoms with Crippen molar-refractivity contribution in [1.29, 1.82) is 0 Å². The van der Waals surface area contributed by atoms with E-state index in [2.05, 4.69) is 22.1 Å². The summed E-state index contributed by atoms with van der Waals surface area (Å²) in [7, 11) is 0. The maximum atomic E-state index is 12.4. The molecule has 0 bridgehead atoms. The maximum absolute atomic E-state index is 12.4. The number of carbonyl (C=O) groups excluding carboxylic acids is 1. The second-order valence-electron chi connectivity index (χ2n) is 5.43. The molecule has 0 spiro atoms. The number of rotatable bonds is 3. The van der Waals surface area contributed by atoms with Crippen LogP contribution in [0.2, 0.25) is 5.02 Å². The number of hydrogen-bond donors (Lipinski definition) is 2. The molecule has 2 aromatic heterocycles. The van der Waals surface area contributed by atoms with Crippen LogP contribution in [0, 0.1) is 4.77 Å². The summed E-state index contributed by atoms with van der Waals surface area (Å²) < 4.78 is 2.69. The molecule has 0 aromatic carbocycles. The van der Waals surface area contributed by atoms with Crippen molar-refractivity contribution in [3.05, 3.63) is 33.6 Å². The summed E-state index contributed by atoms with van der Waals surface area (Å²) in [4.78, 5) is 17.1. The molecular weight excluding hydrogens is 322 g/mol. The smallest absolute Gasteiger partial charge is 0.270 e. The highest BCUT2D eigenvalue weighted by Gasteiger charge is 2.27. The average molecular weight is 340 g/mol. The fourth-order valence-electron chi connectivity index (χ4n) is 2.95. The van der Waals surface area contributed by atoms with Gasteiger partial charge in [-0.05, 0) is 38.0 Å². The standard InChI is InChI=1S/C14H18ClN5OS/c1-2-20-12(17-18-14(20)22)9-3-5-19(6-4-9)13(21)11-7-10(15)8-16-11/h7-9,16H,2-6H2,1H3,(H,18,22). The summed E-state index contributed by atoms with van der Waals surface area (Å²) in [6.45, 7) is 4.29. The predicted molar refractivity (Wildman–Crippen MR) is 86.8 cm³/mol. The molecule has 0 saturated carbocycles. The quantitative estimate of drug-likeness (QED) is 0.845. The number of halogens is 1. The number of aromatic amines is 2. The van der Waals surface area contributed by atoms with Gasteiger partial charge in [-0.1, -0.05) is 11.6 Å². The van der Waals surface area contributed by atoms with Crippen LogP contribution in [-0.2, 0) is 6.54 Å². The normalized spacial score (nSPS) is 16.2. The van der Waals surface area contributed by atoms with Gasteiger partial charge in [0.1, 0.15) is 11.5 Å². The van der Waals surface area contributed by atoms with Crippen molar-refractivity contribution in [2.45, 2.75) is 32.2 Å². The zero-order chi connectivity index (χ0) is 15.7. The van der Waals surface area contributed by atoms with Crippen LogP contribution in [0.1, 0.15) is 42.0 Å². The third kappa shape index (κ3) is 2.83. The van der Waals surface area contributed by atoms with Gasteiger partial charge >= 0.3 is 0 Å². The first-order valence-electron chi connectivity index (χ1n) is 7.38. The molecule has 0 radical (unpaired) electrons. The Balaban J connectivity index is 1.67. The van der Waals surface area contributed by atoms with Crippen LogP contribution in [0.5, 0.6) is 0 Å². The maximum Gasteiger partial charge on any atom is 0.270 e. The number of carbonyl (C=O) groups is 1. The first-order valence-corrected chi connectivity index (χ1v) is 8.17. The lowest BCUT2D eigenvalue weighted by Gasteiger charge is -2.31. The molecule has 2 N–H and O–H groups in total. The largest absolute Gasteiger partial charge is 0.356 e. The molecule has 1 saturated heterocycles. The molecule has 0 aliphatic carbocycles. The summed E-state index contributed by atoms with van der Waals surface area (Å²) in [6.07, 6.45) is 3.40. The van der Waals surface area contributed by atoms with Gasteiger partial charge in [0, 0.05) is 31.7 Å². The number of nitrogens with one attached hydrogen (secondary N) is 2. The van der Waals surface area contributed by atoms with Gasteiger partial charge in [0.15, 0.2) is 4.77 Å². The number of piperidine rings is 1. The third-order valence-electron chi connectivity index (χ3n) is 4.13. The third-order valence-corrected chi connectivity index (χ3v) is 4.66. The number of likely N-dealkylation sites (tertiary alicyclic amines) is 1. The van der Waals surface area contributed by atoms with E-state index >= 15 is 0 Å². The van der Waals surface area contributed by atoms with Crippen molar-refractivity contribution >= 4 is 29.7 Å². The van der Waals surface area contributed by atoms with Gasteiger partial charge in [0.25, 0.3) is 5.91 Å². The monoisotopic (exact) mass is 339 g/mol. The molecule has 3 rings (SSSR count). The number of aromatic nitrogens is 4. The second kappa shape index (κ2) is 6.26. The molecule has 118 valence electrons. The van der Waals surface area contributed by atoms with E-state index in [9.17, 15) is 4.79 Å². The van der Waals surface area contributed by atoms with E-state index in [1.165, 1.54) is 0 Å². The fraction of sp³-hybridized carbons (Fsp3) is 0.500. The van der Waals surface area contributed by atoms with Crippen LogP contribution < -0.4 is 0 Å². The molecule has 2 aromatic rings. The Morgan fingerprint density at radius 1 is 1.50 bits per heavy atom. The Hall–Kier alpha value is -1.60. The molecule has 3 heterocycles. The minimum absolute atomic E-state index is 0.000274. The van der Waals surface area contributed by atoms with Crippen LogP contribution >= 0.6 is 23.8 Å². The number of amides is 1. The fourth-order valence-corrected chi connectivity index (χ4v) is 3.38. The molecule has 1 aliphatic heterocycles. The molecule has 1 fully saturated rings. The van der Waals surface area contributed by atoms with Gasteiger partial charge in [-0.15, -0.1) is 0 Å². The molecular formula is C14H18ClN5OS. The highest BCUT2D eigenvalue weighted by molar-refractivity contribution is 7.71. The molecule has 0 atom stereocenters. The van der Waals surface area contributed by atoms with Gasteiger partial charge in [0.05, 0.1) is 5.02 Å². The molecule has 22 heavy (non-hydrogen) atoms. The summed E-state index contributed by atoms with van der Waals surface area (Å²) in [5.41, 5.74) is 0.541. The van der Waals surface area contributed by atoms with E-state index in [-0.39, 0.29) is 5.91 Å². The number of H-pyrrole nitrogens is 2. The first-order chi connectivity index (χ1) is 10.6. The van der Waals surface area contributed by atoms with Crippen LogP contribution in [0.15, 0.2) is 12.3 Å². The second-order valence-corrected chi connectivity index (χ2v) is 6.25. The topological polar surface area (TPSA) is 69.7 Å². The van der Waals surface area contributed by atoms with Gasteiger partial charge in [0.2, 0.25) is 0 Å². The molecule has 1 amide bonds. The molecule has 0 unspecified atom stereocenters. The van der Waals surface area contributed by atoms with Crippen molar-refractivity contribution in [2.24, 2.45) is 0 Å². The summed E-state index contributed by atoms with van der Waals surface area (Å²) in [6, 6.07) is 1.66. The van der Waals surface area contributed by atoms with Gasteiger partial charge < -0.3 is 14.5 Å². The minimum Gasteiger partial charge on any atom is -0.356 e. The van der Waals surface area contributed by atoms with Gasteiger partial charge in [-0.3, -0.25) is 9.89 Å². The first kappa shape index (κ1) is 15.3. The Labute approximate surface area is 138 Å². The summed E-state index contributed by atoms with van der Waals surface area (Å²) in [5.74, 6) is 1.34. The van der Waals surface area contributed by atoms with E-state index in [0.717, 1.165) is 25.2 Å². The number of nitrogens with zero attached hydrogens (tertiary/aromatic N) is 3. The SMILES string of the molecule is CCn1c(C2CCN(C(=O)c3cc(Cl)c[nH]3)CC2)n[nH]c1=S. The molecule has 1 aliphatic rings. The van der Waals surface area contributed by atoms with Gasteiger partial charge in [-0.2, -0.15) is 5.10 Å². The lowest BCUT2D eigenvalue weighted by Crippen LogP contribution is -2.38. The molecule has 6 nitrogen and oxygen atoms in total. The predicted octanol–water partition coefficient (Wildman–Crippen LogP) is 2.96. The zero-order valence-corrected chi connectivity index (χ0v) is 13.9. The lowest BCUT2D eigenvalue weighted by molar-refractivity contribution is 0.0705. The van der Waals surface area contributed by atoms with Crippen LogP contribution in [0.3, 0.4) is 0 Å². The summed E-state index contributed by atoms with van der Waals surface area (Å²) >= 11 is 11.1. The van der Waals surface area contributed by atoms with Crippen molar-refractivity contribution in [3.63, 3.8) is 0 Å². The highest BCUT2D eigenvalue weighted by atomic mass is 35.5. The van der Waals surface area contributed by atoms with Crippen molar-refractivity contribution < 1.29 is 4.79 Å². The Bertz CT molecular complexity index is 726. The van der Waals surface area contributed by atoms with E-state index in [1.807, 2.05) is 9.47 Å². The summed E-state index contributed by atoms with van der Waals surface area (Å²) in [5, 5.41) is 7.78. The average Bonchev–Trinajstić information content (AvgIpc) is 3.12. The Morgan fingerprint density at radius 2 is 2.23 bits per heavy atom. The van der Waals surface area contributed by atoms with Gasteiger partial charge in [-0.25, -0.2) is 0 Å². The Morgan fingerprint density at radius 3 is 2.82 bits per heavy atom. The van der Waals surface area contributed by atoms with E-state index in [1.54, 1.807) is 12.3 Å². The highest BCUT2D eigenvalue weighted by Crippen LogP contribution is 2.27. The van der Waals surface area contributed by atoms with Crippen LogP contribution in [0.4, 0.5) is 0 Å². The van der Waals surface area contributed by atoms with E-state index in [4.69, 9.17) is 23.8 Å². The van der Waals surface area contributed by atoms with E-state index < -0.39 is 0 Å². The molecule has 8 heteroatoms. The van der Waals surface area contributed by atoms with Crippen molar-refractivity contribution in [2.75, 3.05) is 13.1 Å². The number of hydrogen-bond acceptors (Lipinski definition) is 3. The lowest BCUT2D eigenvalue weighted by atomic mass is 9.95. The van der Waals surface area contributed by atoms with Crippen molar-refractivity contribution in [3.8, 4) is 0 Å². The zero-order valence-electron chi connectivity index (χ0n) is 12.3.